The predicted molar refractivity (Wildman–Crippen MR) is 77.7 cm³/mol. The van der Waals surface area contributed by atoms with Crippen molar-refractivity contribution in [1.82, 2.24) is 4.90 Å². The van der Waals surface area contributed by atoms with Gasteiger partial charge in [0.25, 0.3) is 0 Å². The van der Waals surface area contributed by atoms with Gasteiger partial charge in [-0.2, -0.15) is 11.8 Å². The summed E-state index contributed by atoms with van der Waals surface area (Å²) in [6.45, 7) is 6.94. The zero-order chi connectivity index (χ0) is 13.0. The quantitative estimate of drug-likeness (QED) is 0.820. The lowest BCUT2D eigenvalue weighted by Crippen LogP contribution is -2.50. The van der Waals surface area contributed by atoms with Crippen LogP contribution in [0, 0.1) is 5.82 Å². The second kappa shape index (κ2) is 6.07. The summed E-state index contributed by atoms with van der Waals surface area (Å²) in [6.07, 6.45) is 2.08. The van der Waals surface area contributed by atoms with Crippen molar-refractivity contribution in [2.24, 2.45) is 0 Å². The van der Waals surface area contributed by atoms with Crippen molar-refractivity contribution in [2.75, 3.05) is 24.6 Å². The molecule has 1 saturated heterocycles. The summed E-state index contributed by atoms with van der Waals surface area (Å²) in [6, 6.07) is 6.97. The molecule has 0 aliphatic carbocycles. The van der Waals surface area contributed by atoms with Gasteiger partial charge in [-0.1, -0.05) is 12.1 Å². The van der Waals surface area contributed by atoms with Crippen LogP contribution in [0.1, 0.15) is 25.8 Å². The number of hydrogen-bond acceptors (Lipinski definition) is 2. The number of rotatable bonds is 4. The van der Waals surface area contributed by atoms with E-state index < -0.39 is 0 Å². The van der Waals surface area contributed by atoms with E-state index in [2.05, 4.69) is 18.7 Å². The third-order valence-electron chi connectivity index (χ3n) is 3.60. The summed E-state index contributed by atoms with van der Waals surface area (Å²) in [5.74, 6) is 2.33. The maximum absolute atomic E-state index is 13.1. The first-order chi connectivity index (χ1) is 8.58. The number of aryl methyl sites for hydroxylation is 1. The topological polar surface area (TPSA) is 3.24 Å². The van der Waals surface area contributed by atoms with Gasteiger partial charge in [0.1, 0.15) is 5.82 Å². The Morgan fingerprint density at radius 1 is 1.39 bits per heavy atom. The lowest BCUT2D eigenvalue weighted by molar-refractivity contribution is 0.143. The average Bonchev–Trinajstić information content (AvgIpc) is 2.31. The van der Waals surface area contributed by atoms with Crippen molar-refractivity contribution >= 4 is 11.8 Å². The van der Waals surface area contributed by atoms with E-state index in [1.807, 2.05) is 17.8 Å². The molecule has 1 aromatic carbocycles. The zero-order valence-electron chi connectivity index (χ0n) is 11.3. The molecule has 1 aliphatic rings. The lowest BCUT2D eigenvalue weighted by atomic mass is 10.0. The van der Waals surface area contributed by atoms with Crippen LogP contribution in [-0.2, 0) is 6.42 Å². The van der Waals surface area contributed by atoms with E-state index in [1.165, 1.54) is 24.1 Å². The summed E-state index contributed by atoms with van der Waals surface area (Å²) in [7, 11) is 0. The minimum absolute atomic E-state index is 0.123. The Kier molecular flexibility index (Phi) is 4.68. The van der Waals surface area contributed by atoms with Gasteiger partial charge in [-0.05, 0) is 50.9 Å². The highest BCUT2D eigenvalue weighted by Gasteiger charge is 2.29. The van der Waals surface area contributed by atoms with Crippen LogP contribution in [0.15, 0.2) is 24.3 Å². The molecule has 18 heavy (non-hydrogen) atoms. The molecule has 0 N–H and O–H groups in total. The highest BCUT2D eigenvalue weighted by molar-refractivity contribution is 7.99. The highest BCUT2D eigenvalue weighted by atomic mass is 32.2. The molecule has 0 unspecified atom stereocenters. The summed E-state index contributed by atoms with van der Waals surface area (Å²) in [5.41, 5.74) is 1.42. The van der Waals surface area contributed by atoms with Crippen LogP contribution >= 0.6 is 11.8 Å². The Morgan fingerprint density at radius 2 is 2.22 bits per heavy atom. The molecule has 0 aromatic heterocycles. The fraction of sp³-hybridized carbons (Fsp3) is 0.600. The van der Waals surface area contributed by atoms with Gasteiger partial charge in [0.2, 0.25) is 0 Å². The van der Waals surface area contributed by atoms with Crippen LogP contribution in [0.25, 0.3) is 0 Å². The first-order valence-electron chi connectivity index (χ1n) is 6.65. The lowest BCUT2D eigenvalue weighted by Gasteiger charge is -2.42. The smallest absolute Gasteiger partial charge is 0.123 e. The molecule has 0 atom stereocenters. The van der Waals surface area contributed by atoms with E-state index in [1.54, 1.807) is 12.1 Å². The molecular formula is C15H22FNS. The van der Waals surface area contributed by atoms with Gasteiger partial charge in [0, 0.05) is 23.6 Å². The molecule has 1 heterocycles. The Hall–Kier alpha value is -0.540. The maximum atomic E-state index is 13.1. The molecule has 1 aromatic rings. The minimum atomic E-state index is -0.123. The summed E-state index contributed by atoms with van der Waals surface area (Å²) >= 11 is 2.05. The number of benzene rings is 1. The normalized spacial score (nSPS) is 19.9. The molecule has 1 nitrogen and oxygen atoms in total. The summed E-state index contributed by atoms with van der Waals surface area (Å²) in [4.78, 5) is 2.57. The highest BCUT2D eigenvalue weighted by Crippen LogP contribution is 2.26. The summed E-state index contributed by atoms with van der Waals surface area (Å²) in [5, 5.41) is 0. The first-order valence-corrected chi connectivity index (χ1v) is 7.81. The Morgan fingerprint density at radius 3 is 2.94 bits per heavy atom. The van der Waals surface area contributed by atoms with E-state index >= 15 is 0 Å². The van der Waals surface area contributed by atoms with E-state index in [4.69, 9.17) is 0 Å². The van der Waals surface area contributed by atoms with Gasteiger partial charge in [0.05, 0.1) is 0 Å². The molecule has 0 spiro atoms. The van der Waals surface area contributed by atoms with Crippen molar-refractivity contribution in [3.63, 3.8) is 0 Å². The van der Waals surface area contributed by atoms with Gasteiger partial charge < -0.3 is 0 Å². The monoisotopic (exact) mass is 267 g/mol. The molecule has 0 bridgehead atoms. The van der Waals surface area contributed by atoms with Crippen LogP contribution in [0.3, 0.4) is 0 Å². The van der Waals surface area contributed by atoms with E-state index in [9.17, 15) is 4.39 Å². The van der Waals surface area contributed by atoms with Crippen molar-refractivity contribution in [3.8, 4) is 0 Å². The second-order valence-electron chi connectivity index (χ2n) is 5.59. The Balaban J connectivity index is 1.81. The number of thioether (sulfide) groups is 1. The van der Waals surface area contributed by atoms with E-state index in [0.29, 0.717) is 5.54 Å². The summed E-state index contributed by atoms with van der Waals surface area (Å²) < 4.78 is 13.1. The average molecular weight is 267 g/mol. The standard InChI is InChI=1S/C15H22FNS/c1-15(2)12-18-10-9-17(15)8-4-6-13-5-3-7-14(16)11-13/h3,5,7,11H,4,6,8-10,12H2,1-2H3. The zero-order valence-corrected chi connectivity index (χ0v) is 12.1. The van der Waals surface area contributed by atoms with Crippen molar-refractivity contribution in [2.45, 2.75) is 32.2 Å². The number of nitrogens with zero attached hydrogens (tertiary/aromatic N) is 1. The van der Waals surface area contributed by atoms with Crippen LogP contribution in [-0.4, -0.2) is 35.0 Å². The van der Waals surface area contributed by atoms with E-state index in [0.717, 1.165) is 24.9 Å². The van der Waals surface area contributed by atoms with Crippen molar-refractivity contribution in [3.05, 3.63) is 35.6 Å². The molecule has 0 saturated carbocycles. The van der Waals surface area contributed by atoms with Gasteiger partial charge >= 0.3 is 0 Å². The molecule has 1 fully saturated rings. The third-order valence-corrected chi connectivity index (χ3v) is 4.98. The largest absolute Gasteiger partial charge is 0.297 e. The molecule has 0 amide bonds. The second-order valence-corrected chi connectivity index (χ2v) is 6.69. The minimum Gasteiger partial charge on any atom is -0.297 e. The number of halogens is 1. The predicted octanol–water partition coefficient (Wildman–Crippen LogP) is 3.59. The van der Waals surface area contributed by atoms with E-state index in [-0.39, 0.29) is 5.82 Å². The fourth-order valence-electron chi connectivity index (χ4n) is 2.47. The maximum Gasteiger partial charge on any atom is 0.123 e. The van der Waals surface area contributed by atoms with Gasteiger partial charge in [-0.3, -0.25) is 4.90 Å². The molecular weight excluding hydrogens is 245 g/mol. The molecule has 3 heteroatoms. The Labute approximate surface area is 114 Å². The van der Waals surface area contributed by atoms with Crippen LogP contribution in [0.4, 0.5) is 4.39 Å². The SMILES string of the molecule is CC1(C)CSCCN1CCCc1cccc(F)c1. The molecule has 0 radical (unpaired) electrons. The van der Waals surface area contributed by atoms with Gasteiger partial charge in [-0.25, -0.2) is 4.39 Å². The number of hydrogen-bond donors (Lipinski definition) is 0. The van der Waals surface area contributed by atoms with Crippen molar-refractivity contribution < 1.29 is 4.39 Å². The molecule has 1 aliphatic heterocycles. The van der Waals surface area contributed by atoms with Gasteiger partial charge in [-0.15, -0.1) is 0 Å². The first kappa shape index (κ1) is 13.9. The Bertz CT molecular complexity index is 392. The van der Waals surface area contributed by atoms with Crippen molar-refractivity contribution in [1.29, 1.82) is 0 Å². The van der Waals surface area contributed by atoms with Crippen LogP contribution in [0.2, 0.25) is 0 Å². The molecule has 100 valence electrons. The van der Waals surface area contributed by atoms with Gasteiger partial charge in [0.15, 0.2) is 0 Å². The fourth-order valence-corrected chi connectivity index (χ4v) is 3.65. The van der Waals surface area contributed by atoms with Crippen LogP contribution < -0.4 is 0 Å². The molecule has 2 rings (SSSR count). The van der Waals surface area contributed by atoms with Crippen LogP contribution in [0.5, 0.6) is 0 Å². The third kappa shape index (κ3) is 3.72.